The monoisotopic (exact) mass is 298 g/mol. The van der Waals surface area contributed by atoms with E-state index in [0.29, 0.717) is 25.1 Å². The third kappa shape index (κ3) is 5.57. The molecule has 0 saturated carbocycles. The summed E-state index contributed by atoms with van der Waals surface area (Å²) in [5.41, 5.74) is 0. The molecular formula is C16H30N2O3. The summed E-state index contributed by atoms with van der Waals surface area (Å²) in [6, 6.07) is 0.386. The van der Waals surface area contributed by atoms with Crippen LogP contribution in [0.2, 0.25) is 0 Å². The van der Waals surface area contributed by atoms with Crippen LogP contribution in [0.5, 0.6) is 0 Å². The zero-order valence-corrected chi connectivity index (χ0v) is 13.4. The van der Waals surface area contributed by atoms with Gasteiger partial charge < -0.3 is 20.1 Å². The molecule has 2 rings (SSSR count). The maximum Gasteiger partial charge on any atom is 0.248 e. The van der Waals surface area contributed by atoms with Crippen molar-refractivity contribution in [3.05, 3.63) is 0 Å². The second-order valence-corrected chi connectivity index (χ2v) is 6.39. The Labute approximate surface area is 128 Å². The molecule has 122 valence electrons. The molecule has 2 saturated heterocycles. The summed E-state index contributed by atoms with van der Waals surface area (Å²) < 4.78 is 11.3. The van der Waals surface area contributed by atoms with Crippen LogP contribution in [0, 0.1) is 5.92 Å². The van der Waals surface area contributed by atoms with Gasteiger partial charge in [0.1, 0.15) is 6.10 Å². The molecule has 4 atom stereocenters. The Balaban J connectivity index is 1.62. The van der Waals surface area contributed by atoms with Crippen molar-refractivity contribution in [2.45, 2.75) is 64.2 Å². The Morgan fingerprint density at radius 1 is 1.38 bits per heavy atom. The SMILES string of the molecule is C[C@H](OC[C@@H]1CCCCO1)C(=O)NC[C@H]1NCCC[C@H]1C. The fourth-order valence-corrected chi connectivity index (χ4v) is 3.01. The molecule has 2 heterocycles. The van der Waals surface area contributed by atoms with Crippen LogP contribution < -0.4 is 10.6 Å². The first-order chi connectivity index (χ1) is 10.2. The van der Waals surface area contributed by atoms with Crippen molar-refractivity contribution >= 4 is 5.91 Å². The van der Waals surface area contributed by atoms with Gasteiger partial charge in [0.2, 0.25) is 5.91 Å². The fraction of sp³-hybridized carbons (Fsp3) is 0.938. The van der Waals surface area contributed by atoms with Crippen LogP contribution in [-0.4, -0.2) is 50.5 Å². The second kappa shape index (κ2) is 8.71. The quantitative estimate of drug-likeness (QED) is 0.779. The normalized spacial score (nSPS) is 31.6. The van der Waals surface area contributed by atoms with Gasteiger partial charge in [-0.25, -0.2) is 0 Å². The summed E-state index contributed by atoms with van der Waals surface area (Å²) in [5, 5.41) is 6.47. The number of nitrogens with one attached hydrogen (secondary N) is 2. The minimum atomic E-state index is -0.408. The van der Waals surface area contributed by atoms with Gasteiger partial charge in [0.05, 0.1) is 12.7 Å². The summed E-state index contributed by atoms with van der Waals surface area (Å²) in [4.78, 5) is 12.1. The lowest BCUT2D eigenvalue weighted by atomic mass is 9.93. The number of carbonyl (C=O) groups is 1. The van der Waals surface area contributed by atoms with E-state index in [9.17, 15) is 4.79 Å². The molecule has 2 fully saturated rings. The van der Waals surface area contributed by atoms with Crippen molar-refractivity contribution in [3.63, 3.8) is 0 Å². The summed E-state index contributed by atoms with van der Waals surface area (Å²) in [7, 11) is 0. The van der Waals surface area contributed by atoms with E-state index in [2.05, 4.69) is 17.6 Å². The largest absolute Gasteiger partial charge is 0.376 e. The van der Waals surface area contributed by atoms with Crippen LogP contribution in [0.4, 0.5) is 0 Å². The molecule has 2 N–H and O–H groups in total. The highest BCUT2D eigenvalue weighted by atomic mass is 16.5. The standard InChI is InChI=1S/C16H30N2O3/c1-12-6-5-8-17-15(12)10-18-16(19)13(2)21-11-14-7-3-4-9-20-14/h12-15,17H,3-11H2,1-2H3,(H,18,19)/t12-,13+,14+,15-/m1/s1. The highest BCUT2D eigenvalue weighted by Crippen LogP contribution is 2.15. The van der Waals surface area contributed by atoms with Crippen LogP contribution in [0.15, 0.2) is 0 Å². The number of piperidine rings is 1. The lowest BCUT2D eigenvalue weighted by Crippen LogP contribution is -2.49. The van der Waals surface area contributed by atoms with Gasteiger partial charge in [0.15, 0.2) is 0 Å². The molecule has 2 aliphatic rings. The van der Waals surface area contributed by atoms with E-state index in [0.717, 1.165) is 26.0 Å². The van der Waals surface area contributed by atoms with Crippen LogP contribution >= 0.6 is 0 Å². The van der Waals surface area contributed by atoms with E-state index in [4.69, 9.17) is 9.47 Å². The molecule has 0 aromatic heterocycles. The molecular weight excluding hydrogens is 268 g/mol. The average molecular weight is 298 g/mol. The van der Waals surface area contributed by atoms with E-state index in [-0.39, 0.29) is 12.0 Å². The van der Waals surface area contributed by atoms with Crippen molar-refractivity contribution in [2.75, 3.05) is 26.3 Å². The molecule has 21 heavy (non-hydrogen) atoms. The van der Waals surface area contributed by atoms with Gasteiger partial charge in [-0.1, -0.05) is 6.92 Å². The van der Waals surface area contributed by atoms with E-state index in [1.54, 1.807) is 0 Å². The number of ether oxygens (including phenoxy) is 2. The van der Waals surface area contributed by atoms with Crippen LogP contribution in [0.25, 0.3) is 0 Å². The summed E-state index contributed by atoms with van der Waals surface area (Å²) in [6.45, 7) is 7.13. The number of hydrogen-bond acceptors (Lipinski definition) is 4. The molecule has 0 unspecified atom stereocenters. The number of hydrogen-bond donors (Lipinski definition) is 2. The lowest BCUT2D eigenvalue weighted by Gasteiger charge is -2.30. The smallest absolute Gasteiger partial charge is 0.248 e. The molecule has 0 radical (unpaired) electrons. The topological polar surface area (TPSA) is 59.6 Å². The predicted octanol–water partition coefficient (Wildman–Crippen LogP) is 1.46. The third-order valence-electron chi connectivity index (χ3n) is 4.60. The molecule has 0 aromatic carbocycles. The summed E-state index contributed by atoms with van der Waals surface area (Å²) in [6.07, 6.45) is 5.59. The van der Waals surface area contributed by atoms with E-state index >= 15 is 0 Å². The zero-order valence-electron chi connectivity index (χ0n) is 13.4. The van der Waals surface area contributed by atoms with Gasteiger partial charge in [0.25, 0.3) is 0 Å². The third-order valence-corrected chi connectivity index (χ3v) is 4.60. The van der Waals surface area contributed by atoms with E-state index < -0.39 is 6.10 Å². The van der Waals surface area contributed by atoms with Gasteiger partial charge >= 0.3 is 0 Å². The lowest BCUT2D eigenvalue weighted by molar-refractivity contribution is -0.135. The van der Waals surface area contributed by atoms with Gasteiger partial charge in [-0.2, -0.15) is 0 Å². The molecule has 2 aliphatic heterocycles. The molecule has 5 nitrogen and oxygen atoms in total. The molecule has 0 aliphatic carbocycles. The van der Waals surface area contributed by atoms with Crippen molar-refractivity contribution in [1.29, 1.82) is 0 Å². The minimum absolute atomic E-state index is 0.0228. The zero-order chi connectivity index (χ0) is 15.1. The first-order valence-electron chi connectivity index (χ1n) is 8.41. The Morgan fingerprint density at radius 3 is 2.95 bits per heavy atom. The Morgan fingerprint density at radius 2 is 2.24 bits per heavy atom. The Hall–Kier alpha value is -0.650. The van der Waals surface area contributed by atoms with Crippen molar-refractivity contribution < 1.29 is 14.3 Å². The van der Waals surface area contributed by atoms with Crippen LogP contribution in [-0.2, 0) is 14.3 Å². The van der Waals surface area contributed by atoms with Crippen molar-refractivity contribution in [1.82, 2.24) is 10.6 Å². The predicted molar refractivity (Wildman–Crippen MR) is 82.2 cm³/mol. The highest BCUT2D eigenvalue weighted by Gasteiger charge is 2.23. The molecule has 0 bridgehead atoms. The summed E-state index contributed by atoms with van der Waals surface area (Å²) >= 11 is 0. The first-order valence-corrected chi connectivity index (χ1v) is 8.41. The first kappa shape index (κ1) is 16.7. The number of rotatable bonds is 6. The van der Waals surface area contributed by atoms with Crippen LogP contribution in [0.3, 0.4) is 0 Å². The van der Waals surface area contributed by atoms with E-state index in [1.165, 1.54) is 19.3 Å². The number of carbonyl (C=O) groups excluding carboxylic acids is 1. The van der Waals surface area contributed by atoms with E-state index in [1.807, 2.05) is 6.92 Å². The second-order valence-electron chi connectivity index (χ2n) is 6.39. The van der Waals surface area contributed by atoms with Gasteiger partial charge in [-0.3, -0.25) is 4.79 Å². The van der Waals surface area contributed by atoms with Gasteiger partial charge in [0, 0.05) is 19.2 Å². The maximum absolute atomic E-state index is 12.1. The highest BCUT2D eigenvalue weighted by molar-refractivity contribution is 5.80. The molecule has 0 spiro atoms. The minimum Gasteiger partial charge on any atom is -0.376 e. The Bertz CT molecular complexity index is 319. The average Bonchev–Trinajstić information content (AvgIpc) is 2.52. The van der Waals surface area contributed by atoms with Crippen LogP contribution in [0.1, 0.15) is 46.0 Å². The fourth-order valence-electron chi connectivity index (χ4n) is 3.01. The van der Waals surface area contributed by atoms with Gasteiger partial charge in [-0.05, 0) is 51.5 Å². The molecule has 5 heteroatoms. The number of amides is 1. The summed E-state index contributed by atoms with van der Waals surface area (Å²) in [5.74, 6) is 0.594. The Kier molecular flexibility index (Phi) is 6.93. The van der Waals surface area contributed by atoms with Crippen molar-refractivity contribution in [2.24, 2.45) is 5.92 Å². The van der Waals surface area contributed by atoms with Gasteiger partial charge in [-0.15, -0.1) is 0 Å². The molecule has 1 amide bonds. The molecule has 0 aromatic rings. The van der Waals surface area contributed by atoms with Crippen molar-refractivity contribution in [3.8, 4) is 0 Å². The maximum atomic E-state index is 12.1.